The molecule has 7 heteroatoms. The molecule has 0 heterocycles. The van der Waals surface area contributed by atoms with Crippen molar-refractivity contribution in [2.75, 3.05) is 20.3 Å². The normalized spacial score (nSPS) is 11.4. The molecule has 1 atom stereocenters. The van der Waals surface area contributed by atoms with Gasteiger partial charge in [0.05, 0.1) is 7.11 Å². The summed E-state index contributed by atoms with van der Waals surface area (Å²) in [7, 11) is 1.29. The third-order valence-electron chi connectivity index (χ3n) is 4.23. The Morgan fingerprint density at radius 3 is 2.41 bits per heavy atom. The topological polar surface area (TPSA) is 99.9 Å². The molecule has 29 heavy (non-hydrogen) atoms. The number of methoxy groups -OCH3 is 1. The van der Waals surface area contributed by atoms with E-state index >= 15 is 0 Å². The summed E-state index contributed by atoms with van der Waals surface area (Å²) in [6.45, 7) is 0.907. The van der Waals surface area contributed by atoms with Gasteiger partial charge in [0, 0.05) is 6.54 Å². The zero-order valence-electron chi connectivity index (χ0n) is 16.6. The van der Waals surface area contributed by atoms with Crippen molar-refractivity contribution in [3.63, 3.8) is 0 Å². The number of nitrogens with one attached hydrogen (secondary N) is 1. The number of unbranched alkanes of at least 4 members (excludes halogenated alkanes) is 1. The minimum Gasteiger partial charge on any atom is -0.491 e. The zero-order valence-corrected chi connectivity index (χ0v) is 16.6. The lowest BCUT2D eigenvalue weighted by Crippen LogP contribution is -2.37. The maximum Gasteiger partial charge on any atom is 0.407 e. The summed E-state index contributed by atoms with van der Waals surface area (Å²) in [4.78, 5) is 22.9. The van der Waals surface area contributed by atoms with E-state index in [9.17, 15) is 9.59 Å². The van der Waals surface area contributed by atoms with Crippen molar-refractivity contribution in [2.24, 2.45) is 5.73 Å². The van der Waals surface area contributed by atoms with Crippen LogP contribution in [0.15, 0.2) is 54.6 Å². The lowest BCUT2D eigenvalue weighted by molar-refractivity contribution is -0.142. The quantitative estimate of drug-likeness (QED) is 0.444. The molecule has 0 aliphatic rings. The number of alkyl carbamates (subject to hydrolysis) is 1. The number of hydrogen-bond donors (Lipinski definition) is 2. The Hall–Kier alpha value is -3.06. The molecule has 156 valence electrons. The third-order valence-corrected chi connectivity index (χ3v) is 4.23. The number of esters is 1. The van der Waals surface area contributed by atoms with Crippen LogP contribution in [0.5, 0.6) is 5.75 Å². The Labute approximate surface area is 171 Å². The van der Waals surface area contributed by atoms with Crippen LogP contribution in [0.1, 0.15) is 24.0 Å². The van der Waals surface area contributed by atoms with Gasteiger partial charge in [-0.1, -0.05) is 42.5 Å². The summed E-state index contributed by atoms with van der Waals surface area (Å²) in [5.74, 6) is 0.148. The molecule has 3 N–H and O–H groups in total. The maximum atomic E-state index is 11.7. The first-order valence-corrected chi connectivity index (χ1v) is 9.58. The van der Waals surface area contributed by atoms with Gasteiger partial charge in [0.25, 0.3) is 0 Å². The number of ether oxygens (including phenoxy) is 3. The van der Waals surface area contributed by atoms with Gasteiger partial charge < -0.3 is 25.3 Å². The lowest BCUT2D eigenvalue weighted by Gasteiger charge is -2.11. The molecule has 0 bridgehead atoms. The molecule has 0 fully saturated rings. The van der Waals surface area contributed by atoms with Gasteiger partial charge in [0.2, 0.25) is 0 Å². The highest BCUT2D eigenvalue weighted by molar-refractivity contribution is 5.75. The third kappa shape index (κ3) is 8.66. The van der Waals surface area contributed by atoms with E-state index in [0.717, 1.165) is 24.8 Å². The highest BCUT2D eigenvalue weighted by atomic mass is 16.5. The fourth-order valence-corrected chi connectivity index (χ4v) is 2.58. The van der Waals surface area contributed by atoms with Crippen molar-refractivity contribution < 1.29 is 23.8 Å². The molecule has 7 nitrogen and oxygen atoms in total. The number of amides is 1. The number of hydrogen-bond acceptors (Lipinski definition) is 6. The Morgan fingerprint density at radius 2 is 1.72 bits per heavy atom. The Kier molecular flexibility index (Phi) is 9.51. The van der Waals surface area contributed by atoms with Gasteiger partial charge in [-0.05, 0) is 42.5 Å². The van der Waals surface area contributed by atoms with E-state index < -0.39 is 18.1 Å². The van der Waals surface area contributed by atoms with E-state index in [0.29, 0.717) is 12.3 Å². The highest BCUT2D eigenvalue weighted by Crippen LogP contribution is 2.14. The fourth-order valence-electron chi connectivity index (χ4n) is 2.58. The van der Waals surface area contributed by atoms with Crippen LogP contribution in [0, 0.1) is 0 Å². The van der Waals surface area contributed by atoms with Crippen LogP contribution < -0.4 is 15.8 Å². The van der Waals surface area contributed by atoms with Crippen LogP contribution in [0.3, 0.4) is 0 Å². The molecule has 1 amide bonds. The number of benzene rings is 2. The van der Waals surface area contributed by atoms with Gasteiger partial charge in [-0.2, -0.15) is 0 Å². The SMILES string of the molecule is COC(=O)[C@@H](N)COc1ccc(CCCCNC(=O)OCc2ccccc2)cc1. The van der Waals surface area contributed by atoms with E-state index in [2.05, 4.69) is 10.1 Å². The van der Waals surface area contributed by atoms with Crippen molar-refractivity contribution in [1.82, 2.24) is 5.32 Å². The Balaban J connectivity index is 1.57. The first-order chi connectivity index (χ1) is 14.1. The van der Waals surface area contributed by atoms with Crippen LogP contribution in [0.4, 0.5) is 4.79 Å². The van der Waals surface area contributed by atoms with Crippen molar-refractivity contribution in [3.05, 3.63) is 65.7 Å². The van der Waals surface area contributed by atoms with Crippen LogP contribution in [0.2, 0.25) is 0 Å². The number of aryl methyl sites for hydroxylation is 1. The van der Waals surface area contributed by atoms with Crippen LogP contribution in [-0.4, -0.2) is 38.4 Å². The minimum atomic E-state index is -0.799. The first kappa shape index (κ1) is 22.2. The second kappa shape index (κ2) is 12.4. The van der Waals surface area contributed by atoms with E-state index in [1.807, 2.05) is 54.6 Å². The molecular weight excluding hydrogens is 372 g/mol. The number of rotatable bonds is 11. The molecule has 0 aromatic heterocycles. The highest BCUT2D eigenvalue weighted by Gasteiger charge is 2.14. The molecular formula is C22H28N2O5. The van der Waals surface area contributed by atoms with Gasteiger partial charge in [-0.3, -0.25) is 4.79 Å². The van der Waals surface area contributed by atoms with Crippen molar-refractivity contribution in [3.8, 4) is 5.75 Å². The largest absolute Gasteiger partial charge is 0.491 e. The Bertz CT molecular complexity index is 750. The smallest absolute Gasteiger partial charge is 0.407 e. The van der Waals surface area contributed by atoms with Crippen LogP contribution >= 0.6 is 0 Å². The van der Waals surface area contributed by atoms with E-state index in [1.54, 1.807) is 0 Å². The lowest BCUT2D eigenvalue weighted by atomic mass is 10.1. The summed E-state index contributed by atoms with van der Waals surface area (Å²) in [5.41, 5.74) is 7.76. The standard InChI is InChI=1S/C22H28N2O5/c1-27-21(25)20(23)16-28-19-12-10-17(11-13-19)7-5-6-14-24-22(26)29-15-18-8-3-2-4-9-18/h2-4,8-13,20H,5-7,14-16,23H2,1H3,(H,24,26)/t20-/m0/s1. The molecule has 0 aliphatic heterocycles. The molecule has 2 rings (SSSR count). The summed E-state index contributed by atoms with van der Waals surface area (Å²) < 4.78 is 15.2. The van der Waals surface area contributed by atoms with Gasteiger partial charge in [0.1, 0.15) is 25.0 Å². The molecule has 2 aromatic rings. The number of carbonyl (C=O) groups is 2. The number of carbonyl (C=O) groups excluding carboxylic acids is 2. The van der Waals surface area contributed by atoms with Crippen LogP contribution in [-0.2, 0) is 27.3 Å². The van der Waals surface area contributed by atoms with Gasteiger partial charge >= 0.3 is 12.1 Å². The van der Waals surface area contributed by atoms with Gasteiger partial charge in [-0.25, -0.2) is 4.79 Å². The predicted octanol–water partition coefficient (Wildman–Crippen LogP) is 2.81. The van der Waals surface area contributed by atoms with E-state index in [-0.39, 0.29) is 13.2 Å². The fraction of sp³-hybridized carbons (Fsp3) is 0.364. The summed E-state index contributed by atoms with van der Waals surface area (Å²) >= 11 is 0. The van der Waals surface area contributed by atoms with Crippen molar-refractivity contribution in [2.45, 2.75) is 31.9 Å². The van der Waals surface area contributed by atoms with Gasteiger partial charge in [-0.15, -0.1) is 0 Å². The zero-order chi connectivity index (χ0) is 20.9. The average Bonchev–Trinajstić information content (AvgIpc) is 2.76. The first-order valence-electron chi connectivity index (χ1n) is 9.58. The van der Waals surface area contributed by atoms with Crippen LogP contribution in [0.25, 0.3) is 0 Å². The van der Waals surface area contributed by atoms with E-state index in [4.69, 9.17) is 15.2 Å². The van der Waals surface area contributed by atoms with Gasteiger partial charge in [0.15, 0.2) is 0 Å². The summed E-state index contributed by atoms with van der Waals surface area (Å²) in [6.07, 6.45) is 2.28. The monoisotopic (exact) mass is 400 g/mol. The second-order valence-electron chi connectivity index (χ2n) is 6.53. The van der Waals surface area contributed by atoms with Crippen molar-refractivity contribution >= 4 is 12.1 Å². The molecule has 2 aromatic carbocycles. The molecule has 0 spiro atoms. The maximum absolute atomic E-state index is 11.7. The van der Waals surface area contributed by atoms with Crippen molar-refractivity contribution in [1.29, 1.82) is 0 Å². The number of nitrogens with two attached hydrogens (primary N) is 1. The average molecular weight is 400 g/mol. The Morgan fingerprint density at radius 1 is 1.00 bits per heavy atom. The minimum absolute atomic E-state index is 0.0675. The summed E-state index contributed by atoms with van der Waals surface area (Å²) in [6, 6.07) is 16.4. The molecule has 0 radical (unpaired) electrons. The summed E-state index contributed by atoms with van der Waals surface area (Å²) in [5, 5.41) is 2.76. The molecule has 0 saturated carbocycles. The molecule has 0 unspecified atom stereocenters. The molecule has 0 aliphatic carbocycles. The predicted molar refractivity (Wildman–Crippen MR) is 109 cm³/mol. The molecule has 0 saturated heterocycles. The van der Waals surface area contributed by atoms with E-state index in [1.165, 1.54) is 12.7 Å². The second-order valence-corrected chi connectivity index (χ2v) is 6.53.